The third-order valence-corrected chi connectivity index (χ3v) is 4.51. The van der Waals surface area contributed by atoms with Crippen molar-refractivity contribution in [3.05, 3.63) is 11.4 Å². The molecule has 1 atom stereocenters. The summed E-state index contributed by atoms with van der Waals surface area (Å²) in [6, 6.07) is 0. The number of aromatic amines is 1. The van der Waals surface area contributed by atoms with Crippen LogP contribution in [0.25, 0.3) is 0 Å². The van der Waals surface area contributed by atoms with E-state index in [1.54, 1.807) is 0 Å². The summed E-state index contributed by atoms with van der Waals surface area (Å²) >= 11 is 1.92. The second-order valence-electron chi connectivity index (χ2n) is 4.56. The topological polar surface area (TPSA) is 83.8 Å². The van der Waals surface area contributed by atoms with Crippen LogP contribution in [0.4, 0.5) is 5.69 Å². The minimum Gasteiger partial charge on any atom is -0.395 e. The molecule has 1 amide bonds. The molecule has 0 radical (unpaired) electrons. The van der Waals surface area contributed by atoms with Crippen molar-refractivity contribution in [1.29, 1.82) is 0 Å². The van der Waals surface area contributed by atoms with Crippen LogP contribution < -0.4 is 11.1 Å². The molecule has 0 aromatic carbocycles. The van der Waals surface area contributed by atoms with Crippen molar-refractivity contribution in [3.8, 4) is 0 Å². The number of amides is 1. The third kappa shape index (κ3) is 2.98. The molecule has 1 aliphatic rings. The molecule has 1 aromatic rings. The molecule has 6 heteroatoms. The van der Waals surface area contributed by atoms with E-state index in [0.29, 0.717) is 23.2 Å². The van der Waals surface area contributed by atoms with Gasteiger partial charge in [-0.2, -0.15) is 16.9 Å². The Kier molecular flexibility index (Phi) is 4.52. The van der Waals surface area contributed by atoms with Gasteiger partial charge in [0, 0.05) is 11.8 Å². The number of aromatic nitrogens is 2. The first-order chi connectivity index (χ1) is 8.72. The molecule has 2 heterocycles. The third-order valence-electron chi connectivity index (χ3n) is 3.11. The van der Waals surface area contributed by atoms with Crippen molar-refractivity contribution in [2.45, 2.75) is 37.9 Å². The van der Waals surface area contributed by atoms with Gasteiger partial charge in [-0.05, 0) is 25.0 Å². The van der Waals surface area contributed by atoms with Crippen molar-refractivity contribution >= 4 is 23.4 Å². The first-order valence-electron chi connectivity index (χ1n) is 6.45. The maximum absolute atomic E-state index is 12.0. The number of nitrogens with two attached hydrogens (primary N) is 1. The van der Waals surface area contributed by atoms with Gasteiger partial charge in [0.1, 0.15) is 0 Å². The smallest absolute Gasteiger partial charge is 0.273 e. The maximum atomic E-state index is 12.0. The van der Waals surface area contributed by atoms with E-state index in [9.17, 15) is 4.79 Å². The first kappa shape index (κ1) is 13.3. The summed E-state index contributed by atoms with van der Waals surface area (Å²) in [6.45, 7) is 2.77. The summed E-state index contributed by atoms with van der Waals surface area (Å²) in [6.07, 6.45) is 4.23. The standard InChI is InChI=1S/C12H20N4OS/c1-2-4-9-10(13)11(16-15-9)12(17)14-7-8-5-3-6-18-8/h8H,2-7,13H2,1H3,(H,14,17)(H,15,16). The lowest BCUT2D eigenvalue weighted by molar-refractivity contribution is 0.0949. The molecular formula is C12H20N4OS. The SMILES string of the molecule is CCCc1[nH]nc(C(=O)NCC2CCCS2)c1N. The second-order valence-corrected chi connectivity index (χ2v) is 5.97. The monoisotopic (exact) mass is 268 g/mol. The van der Waals surface area contributed by atoms with Gasteiger partial charge in [-0.15, -0.1) is 0 Å². The van der Waals surface area contributed by atoms with Crippen molar-refractivity contribution < 1.29 is 4.79 Å². The fourth-order valence-electron chi connectivity index (χ4n) is 2.10. The summed E-state index contributed by atoms with van der Waals surface area (Å²) in [4.78, 5) is 12.0. The largest absolute Gasteiger partial charge is 0.395 e. The minimum atomic E-state index is -0.168. The Bertz CT molecular complexity index is 412. The number of nitrogens with one attached hydrogen (secondary N) is 2. The number of aryl methyl sites for hydroxylation is 1. The van der Waals surface area contributed by atoms with Gasteiger partial charge in [-0.25, -0.2) is 0 Å². The molecule has 0 saturated carbocycles. The lowest BCUT2D eigenvalue weighted by Gasteiger charge is -2.09. The van der Waals surface area contributed by atoms with E-state index in [0.717, 1.165) is 18.5 Å². The van der Waals surface area contributed by atoms with Crippen molar-refractivity contribution in [2.75, 3.05) is 18.0 Å². The highest BCUT2D eigenvalue weighted by atomic mass is 32.2. The van der Waals surface area contributed by atoms with Crippen LogP contribution in [-0.2, 0) is 6.42 Å². The van der Waals surface area contributed by atoms with E-state index in [-0.39, 0.29) is 5.91 Å². The van der Waals surface area contributed by atoms with E-state index in [1.165, 1.54) is 18.6 Å². The number of thioether (sulfide) groups is 1. The molecule has 2 rings (SSSR count). The van der Waals surface area contributed by atoms with Crippen molar-refractivity contribution in [3.63, 3.8) is 0 Å². The lowest BCUT2D eigenvalue weighted by Crippen LogP contribution is -2.30. The summed E-state index contributed by atoms with van der Waals surface area (Å²) in [5, 5.41) is 10.3. The molecule has 0 bridgehead atoms. The van der Waals surface area contributed by atoms with Crippen LogP contribution in [0.2, 0.25) is 0 Å². The van der Waals surface area contributed by atoms with Crippen molar-refractivity contribution in [2.24, 2.45) is 0 Å². The van der Waals surface area contributed by atoms with E-state index in [1.807, 2.05) is 11.8 Å². The number of nitrogens with zero attached hydrogens (tertiary/aromatic N) is 1. The van der Waals surface area contributed by atoms with Crippen LogP contribution >= 0.6 is 11.8 Å². The van der Waals surface area contributed by atoms with Gasteiger partial charge >= 0.3 is 0 Å². The number of carbonyl (C=O) groups excluding carboxylic acids is 1. The normalized spacial score (nSPS) is 19.1. The molecule has 4 N–H and O–H groups in total. The van der Waals surface area contributed by atoms with Crippen LogP contribution in [0.3, 0.4) is 0 Å². The van der Waals surface area contributed by atoms with Gasteiger partial charge in [0.15, 0.2) is 5.69 Å². The zero-order valence-corrected chi connectivity index (χ0v) is 11.5. The summed E-state index contributed by atoms with van der Waals surface area (Å²) in [5.74, 6) is 1.03. The van der Waals surface area contributed by atoms with E-state index >= 15 is 0 Å². The molecule has 100 valence electrons. The number of anilines is 1. The summed E-state index contributed by atoms with van der Waals surface area (Å²) in [7, 11) is 0. The number of hydrogen-bond donors (Lipinski definition) is 3. The van der Waals surface area contributed by atoms with Gasteiger partial charge in [-0.1, -0.05) is 13.3 Å². The molecule has 1 aliphatic heterocycles. The molecule has 18 heavy (non-hydrogen) atoms. The zero-order chi connectivity index (χ0) is 13.0. The summed E-state index contributed by atoms with van der Waals surface area (Å²) in [5.41, 5.74) is 7.60. The predicted octanol–water partition coefficient (Wildman–Crippen LogP) is 1.57. The van der Waals surface area contributed by atoms with Crippen molar-refractivity contribution in [1.82, 2.24) is 15.5 Å². The van der Waals surface area contributed by atoms with Crippen LogP contribution in [-0.4, -0.2) is 33.7 Å². The highest BCUT2D eigenvalue weighted by Gasteiger charge is 2.20. The Morgan fingerprint density at radius 3 is 3.17 bits per heavy atom. The average Bonchev–Trinajstić information content (AvgIpc) is 2.98. The minimum absolute atomic E-state index is 0.168. The number of nitrogen functional groups attached to an aromatic ring is 1. The van der Waals surface area contributed by atoms with Gasteiger partial charge in [0.2, 0.25) is 0 Å². The summed E-state index contributed by atoms with van der Waals surface area (Å²) < 4.78 is 0. The molecular weight excluding hydrogens is 248 g/mol. The van der Waals surface area contributed by atoms with Gasteiger partial charge < -0.3 is 11.1 Å². The highest BCUT2D eigenvalue weighted by molar-refractivity contribution is 8.00. The number of H-pyrrole nitrogens is 1. The molecule has 1 aromatic heterocycles. The van der Waals surface area contributed by atoms with Gasteiger partial charge in [0.25, 0.3) is 5.91 Å². The Balaban J connectivity index is 1.91. The zero-order valence-electron chi connectivity index (χ0n) is 10.7. The molecule has 1 fully saturated rings. The molecule has 5 nitrogen and oxygen atoms in total. The fourth-order valence-corrected chi connectivity index (χ4v) is 3.30. The molecule has 1 saturated heterocycles. The van der Waals surface area contributed by atoms with E-state index in [2.05, 4.69) is 22.4 Å². The Labute approximate surface area is 111 Å². The number of carbonyl (C=O) groups is 1. The van der Waals surface area contributed by atoms with Crippen LogP contribution in [0.1, 0.15) is 42.4 Å². The lowest BCUT2D eigenvalue weighted by atomic mass is 10.2. The van der Waals surface area contributed by atoms with E-state index in [4.69, 9.17) is 5.73 Å². The number of hydrogen-bond acceptors (Lipinski definition) is 4. The highest BCUT2D eigenvalue weighted by Crippen LogP contribution is 2.25. The Morgan fingerprint density at radius 2 is 2.50 bits per heavy atom. The van der Waals surface area contributed by atoms with E-state index < -0.39 is 0 Å². The quantitative estimate of drug-likeness (QED) is 0.757. The Morgan fingerprint density at radius 1 is 1.67 bits per heavy atom. The number of rotatable bonds is 5. The average molecular weight is 268 g/mol. The van der Waals surface area contributed by atoms with Crippen LogP contribution in [0, 0.1) is 0 Å². The predicted molar refractivity (Wildman–Crippen MR) is 74.8 cm³/mol. The first-order valence-corrected chi connectivity index (χ1v) is 7.49. The molecule has 0 spiro atoms. The van der Waals surface area contributed by atoms with Crippen LogP contribution in [0.5, 0.6) is 0 Å². The van der Waals surface area contributed by atoms with Gasteiger partial charge in [-0.3, -0.25) is 9.89 Å². The molecule has 0 aliphatic carbocycles. The fraction of sp³-hybridized carbons (Fsp3) is 0.667. The molecule has 1 unspecified atom stereocenters. The maximum Gasteiger partial charge on any atom is 0.273 e. The van der Waals surface area contributed by atoms with Crippen LogP contribution in [0.15, 0.2) is 0 Å². The Hall–Kier alpha value is -1.17. The van der Waals surface area contributed by atoms with Gasteiger partial charge in [0.05, 0.1) is 11.4 Å². The second kappa shape index (κ2) is 6.13.